The molecule has 72 valence electrons. The molecule has 2 unspecified atom stereocenters. The standard InChI is InChI=1S/C9H14N2O2/c1-5(2)9(13)11-4-6-3-7(11)8(12)10-6/h5-7H,3-4H2,1-2H3,(H,10,12). The number of hydrogen-bond donors (Lipinski definition) is 1. The lowest BCUT2D eigenvalue weighted by atomic mass is 10.1. The SMILES string of the molecule is CC(C)C(=O)N1CC2CC1C(=O)N2. The first-order valence-electron chi connectivity index (χ1n) is 4.70. The van der Waals surface area contributed by atoms with Crippen LogP contribution in [-0.4, -0.2) is 35.3 Å². The minimum atomic E-state index is -0.181. The Labute approximate surface area is 77.3 Å². The Kier molecular flexibility index (Phi) is 1.78. The van der Waals surface area contributed by atoms with Crippen molar-refractivity contribution in [2.45, 2.75) is 32.4 Å². The van der Waals surface area contributed by atoms with Crippen LogP contribution in [0.1, 0.15) is 20.3 Å². The number of amides is 2. The number of nitrogens with zero attached hydrogens (tertiary/aromatic N) is 1. The molecular formula is C9H14N2O2. The van der Waals surface area contributed by atoms with Crippen molar-refractivity contribution in [2.75, 3.05) is 6.54 Å². The molecule has 0 aliphatic carbocycles. The number of carbonyl (C=O) groups is 2. The average molecular weight is 182 g/mol. The van der Waals surface area contributed by atoms with Crippen molar-refractivity contribution in [3.63, 3.8) is 0 Å². The third-order valence-electron chi connectivity index (χ3n) is 2.73. The predicted octanol–water partition coefficient (Wildman–Crippen LogP) is -0.258. The maximum absolute atomic E-state index is 11.6. The van der Waals surface area contributed by atoms with Crippen molar-refractivity contribution in [1.82, 2.24) is 10.2 Å². The molecule has 0 aromatic rings. The second-order valence-electron chi connectivity index (χ2n) is 4.10. The smallest absolute Gasteiger partial charge is 0.243 e. The molecule has 2 amide bonds. The van der Waals surface area contributed by atoms with Crippen LogP contribution in [-0.2, 0) is 9.59 Å². The largest absolute Gasteiger partial charge is 0.350 e. The zero-order chi connectivity index (χ0) is 9.59. The van der Waals surface area contributed by atoms with Crippen molar-refractivity contribution >= 4 is 11.8 Å². The van der Waals surface area contributed by atoms with Crippen LogP contribution in [0.3, 0.4) is 0 Å². The van der Waals surface area contributed by atoms with Crippen molar-refractivity contribution < 1.29 is 9.59 Å². The highest BCUT2D eigenvalue weighted by Crippen LogP contribution is 2.25. The molecule has 13 heavy (non-hydrogen) atoms. The molecule has 1 N–H and O–H groups in total. The van der Waals surface area contributed by atoms with E-state index >= 15 is 0 Å². The van der Waals surface area contributed by atoms with Gasteiger partial charge in [0.15, 0.2) is 0 Å². The van der Waals surface area contributed by atoms with Crippen LogP contribution in [0.4, 0.5) is 0 Å². The average Bonchev–Trinajstić information content (AvgIpc) is 2.60. The van der Waals surface area contributed by atoms with Crippen LogP contribution in [0.2, 0.25) is 0 Å². The zero-order valence-electron chi connectivity index (χ0n) is 7.91. The lowest BCUT2D eigenvalue weighted by molar-refractivity contribution is -0.141. The Balaban J connectivity index is 2.11. The molecule has 2 atom stereocenters. The monoisotopic (exact) mass is 182 g/mol. The first-order valence-corrected chi connectivity index (χ1v) is 4.70. The summed E-state index contributed by atoms with van der Waals surface area (Å²) >= 11 is 0. The molecule has 0 saturated carbocycles. The maximum Gasteiger partial charge on any atom is 0.243 e. The molecule has 0 radical (unpaired) electrons. The van der Waals surface area contributed by atoms with Gasteiger partial charge in [-0.1, -0.05) is 13.8 Å². The van der Waals surface area contributed by atoms with E-state index in [4.69, 9.17) is 0 Å². The Morgan fingerprint density at radius 3 is 2.77 bits per heavy atom. The summed E-state index contributed by atoms with van der Waals surface area (Å²) < 4.78 is 0. The summed E-state index contributed by atoms with van der Waals surface area (Å²) in [5, 5.41) is 2.84. The van der Waals surface area contributed by atoms with Gasteiger partial charge in [0.05, 0.1) is 0 Å². The zero-order valence-corrected chi connectivity index (χ0v) is 7.91. The van der Waals surface area contributed by atoms with E-state index in [1.165, 1.54) is 0 Å². The highest BCUT2D eigenvalue weighted by atomic mass is 16.2. The van der Waals surface area contributed by atoms with Gasteiger partial charge in [-0.05, 0) is 6.42 Å². The molecular weight excluding hydrogens is 168 g/mol. The predicted molar refractivity (Wildman–Crippen MR) is 46.9 cm³/mol. The number of hydrogen-bond acceptors (Lipinski definition) is 2. The van der Waals surface area contributed by atoms with Gasteiger partial charge >= 0.3 is 0 Å². The van der Waals surface area contributed by atoms with Gasteiger partial charge in [0.1, 0.15) is 6.04 Å². The van der Waals surface area contributed by atoms with Crippen LogP contribution in [0.15, 0.2) is 0 Å². The molecule has 2 bridgehead atoms. The Morgan fingerprint density at radius 2 is 2.31 bits per heavy atom. The van der Waals surface area contributed by atoms with Crippen LogP contribution >= 0.6 is 0 Å². The minimum absolute atomic E-state index is 0.00727. The molecule has 2 rings (SSSR count). The third kappa shape index (κ3) is 1.20. The number of piperazine rings is 1. The summed E-state index contributed by atoms with van der Waals surface area (Å²) in [5.41, 5.74) is 0. The second kappa shape index (κ2) is 2.72. The van der Waals surface area contributed by atoms with Gasteiger partial charge in [-0.15, -0.1) is 0 Å². The summed E-state index contributed by atoms with van der Waals surface area (Å²) in [6.45, 7) is 4.44. The summed E-state index contributed by atoms with van der Waals surface area (Å²) in [6.07, 6.45) is 0.803. The molecule has 0 aromatic carbocycles. The maximum atomic E-state index is 11.6. The van der Waals surface area contributed by atoms with E-state index in [2.05, 4.69) is 5.32 Å². The van der Waals surface area contributed by atoms with Crippen LogP contribution < -0.4 is 5.32 Å². The third-order valence-corrected chi connectivity index (χ3v) is 2.73. The Bertz CT molecular complexity index is 262. The van der Waals surface area contributed by atoms with Crippen molar-refractivity contribution in [3.8, 4) is 0 Å². The Hall–Kier alpha value is -1.06. The summed E-state index contributed by atoms with van der Waals surface area (Å²) in [4.78, 5) is 24.6. The molecule has 2 aliphatic rings. The van der Waals surface area contributed by atoms with Gasteiger partial charge in [-0.25, -0.2) is 0 Å². The molecule has 4 nitrogen and oxygen atoms in total. The van der Waals surface area contributed by atoms with Gasteiger partial charge in [0.2, 0.25) is 11.8 Å². The van der Waals surface area contributed by atoms with Crippen molar-refractivity contribution in [1.29, 1.82) is 0 Å². The topological polar surface area (TPSA) is 49.4 Å². The van der Waals surface area contributed by atoms with Crippen molar-refractivity contribution in [3.05, 3.63) is 0 Å². The van der Waals surface area contributed by atoms with Gasteiger partial charge in [0.25, 0.3) is 0 Å². The molecule has 0 aromatic heterocycles. The molecule has 2 aliphatic heterocycles. The fourth-order valence-electron chi connectivity index (χ4n) is 2.06. The fourth-order valence-corrected chi connectivity index (χ4v) is 2.06. The highest BCUT2D eigenvalue weighted by molar-refractivity contribution is 5.91. The first-order chi connectivity index (χ1) is 6.09. The van der Waals surface area contributed by atoms with Gasteiger partial charge in [0, 0.05) is 18.5 Å². The van der Waals surface area contributed by atoms with Crippen LogP contribution in [0.5, 0.6) is 0 Å². The number of nitrogens with one attached hydrogen (secondary N) is 1. The van der Waals surface area contributed by atoms with E-state index in [1.807, 2.05) is 13.8 Å². The first kappa shape index (κ1) is 8.53. The molecule has 2 saturated heterocycles. The second-order valence-corrected chi connectivity index (χ2v) is 4.10. The summed E-state index contributed by atoms with van der Waals surface area (Å²) in [5.74, 6) is 0.111. The number of rotatable bonds is 1. The molecule has 4 heteroatoms. The van der Waals surface area contributed by atoms with Crippen LogP contribution in [0.25, 0.3) is 0 Å². The number of fused-ring (bicyclic) bond motifs is 2. The van der Waals surface area contributed by atoms with E-state index < -0.39 is 0 Å². The summed E-state index contributed by atoms with van der Waals surface area (Å²) in [6, 6.07) is 0.0279. The van der Waals surface area contributed by atoms with Gasteiger partial charge in [-0.2, -0.15) is 0 Å². The van der Waals surface area contributed by atoms with E-state index in [0.29, 0.717) is 6.54 Å². The minimum Gasteiger partial charge on any atom is -0.350 e. The van der Waals surface area contributed by atoms with Gasteiger partial charge < -0.3 is 10.2 Å². The summed E-state index contributed by atoms with van der Waals surface area (Å²) in [7, 11) is 0. The van der Waals surface area contributed by atoms with E-state index in [-0.39, 0.29) is 29.8 Å². The normalized spacial score (nSPS) is 31.3. The van der Waals surface area contributed by atoms with Gasteiger partial charge in [-0.3, -0.25) is 9.59 Å². The number of likely N-dealkylation sites (tertiary alicyclic amines) is 1. The lowest BCUT2D eigenvalue weighted by Gasteiger charge is -2.27. The molecule has 0 spiro atoms. The van der Waals surface area contributed by atoms with E-state index in [0.717, 1.165) is 6.42 Å². The van der Waals surface area contributed by atoms with Crippen molar-refractivity contribution in [2.24, 2.45) is 5.92 Å². The quantitative estimate of drug-likeness (QED) is 0.607. The Morgan fingerprint density at radius 1 is 1.62 bits per heavy atom. The fraction of sp³-hybridized carbons (Fsp3) is 0.778. The molecule has 2 fully saturated rings. The van der Waals surface area contributed by atoms with E-state index in [1.54, 1.807) is 4.90 Å². The van der Waals surface area contributed by atoms with Crippen LogP contribution in [0, 0.1) is 5.92 Å². The molecule has 2 heterocycles. The van der Waals surface area contributed by atoms with E-state index in [9.17, 15) is 9.59 Å². The number of carbonyl (C=O) groups excluding carboxylic acids is 2. The lowest BCUT2D eigenvalue weighted by Crippen LogP contribution is -2.51. The highest BCUT2D eigenvalue weighted by Gasteiger charge is 2.46.